The average molecular weight is 551 g/mol. The molecule has 132 valence electrons. The second-order valence-corrected chi connectivity index (χ2v) is 12.0. The number of esters is 2. The Bertz CT molecular complexity index is 477. The van der Waals surface area contributed by atoms with Gasteiger partial charge in [-0.25, -0.2) is 0 Å². The maximum Gasteiger partial charge on any atom is 0.321 e. The minimum Gasteiger partial charge on any atom is -0.550 e. The number of hydrogen-bond acceptors (Lipinski definition) is 6. The lowest BCUT2D eigenvalue weighted by Gasteiger charge is -2.37. The number of aliphatic carboxylic acids is 1. The third-order valence-corrected chi connectivity index (χ3v) is 4.43. The summed E-state index contributed by atoms with van der Waals surface area (Å²) in [6.07, 6.45) is -0.455. The van der Waals surface area contributed by atoms with E-state index < -0.39 is 36.9 Å². The lowest BCUT2D eigenvalue weighted by molar-refractivity contribution is -0.316. The highest BCUT2D eigenvalue weighted by Gasteiger charge is 2.39. The van der Waals surface area contributed by atoms with Gasteiger partial charge in [0.05, 0.1) is 0 Å². The van der Waals surface area contributed by atoms with E-state index in [1.807, 2.05) is 45.2 Å². The molecule has 0 aromatic rings. The summed E-state index contributed by atoms with van der Waals surface area (Å²) >= 11 is 3.92. The van der Waals surface area contributed by atoms with Gasteiger partial charge in [0.25, 0.3) is 0 Å². The first-order valence-electron chi connectivity index (χ1n) is 7.33. The van der Waals surface area contributed by atoms with Gasteiger partial charge in [0, 0.05) is 18.3 Å². The molecule has 0 aliphatic heterocycles. The van der Waals surface area contributed by atoms with Gasteiger partial charge in [-0.3, -0.25) is 9.59 Å². The molecular weight excluding hydrogens is 530 g/mol. The number of carbonyl (C=O) groups excluding carboxylic acids is 3. The Morgan fingerprint density at radius 3 is 1.87 bits per heavy atom. The quantitative estimate of drug-likeness (QED) is 0.294. The van der Waals surface area contributed by atoms with E-state index in [2.05, 4.69) is 0 Å². The van der Waals surface area contributed by atoms with E-state index in [1.54, 1.807) is 27.7 Å². The largest absolute Gasteiger partial charge is 0.550 e. The van der Waals surface area contributed by atoms with E-state index in [0.29, 0.717) is 6.42 Å². The van der Waals surface area contributed by atoms with Gasteiger partial charge in [0.2, 0.25) is 0 Å². The summed E-state index contributed by atoms with van der Waals surface area (Å²) in [7, 11) is 0. The van der Waals surface area contributed by atoms with Gasteiger partial charge >= 0.3 is 11.9 Å². The molecule has 1 saturated carbocycles. The van der Waals surface area contributed by atoms with Gasteiger partial charge in [0.1, 0.15) is 19.1 Å². The molecule has 0 aromatic carbocycles. The number of alkyl halides is 2. The number of ether oxygens (including phenoxy) is 2. The van der Waals surface area contributed by atoms with Gasteiger partial charge in [0.15, 0.2) is 0 Å². The zero-order chi connectivity index (χ0) is 18.0. The molecule has 0 aromatic heterocycles. The molecule has 6 nitrogen and oxygen atoms in total. The molecule has 0 spiro atoms. The minimum atomic E-state index is -1.24. The van der Waals surface area contributed by atoms with Crippen LogP contribution in [0.3, 0.4) is 0 Å². The Morgan fingerprint density at radius 1 is 0.957 bits per heavy atom. The Balaban J connectivity index is 2.79. The average Bonchev–Trinajstić information content (AvgIpc) is 2.36. The summed E-state index contributed by atoms with van der Waals surface area (Å²) in [4.78, 5) is 35.3. The number of rotatable bonds is 5. The SMILES string of the molecule is CC(C)(I)C(=O)OC1CCC(C(=O)[O-])C(OC(=O)C(C)(C)I)C1. The van der Waals surface area contributed by atoms with Crippen molar-refractivity contribution in [3.63, 3.8) is 0 Å². The summed E-state index contributed by atoms with van der Waals surface area (Å²) in [5, 5.41) is 11.3. The van der Waals surface area contributed by atoms with E-state index in [9.17, 15) is 19.5 Å². The first kappa shape index (κ1) is 20.9. The third kappa shape index (κ3) is 6.35. The van der Waals surface area contributed by atoms with Gasteiger partial charge in [-0.2, -0.15) is 0 Å². The van der Waals surface area contributed by atoms with Crippen LogP contribution in [0.15, 0.2) is 0 Å². The van der Waals surface area contributed by atoms with E-state index in [1.165, 1.54) is 0 Å². The molecule has 0 amide bonds. The smallest absolute Gasteiger partial charge is 0.321 e. The lowest BCUT2D eigenvalue weighted by Crippen LogP contribution is -2.48. The van der Waals surface area contributed by atoms with Crippen molar-refractivity contribution in [1.29, 1.82) is 0 Å². The molecule has 0 saturated heterocycles. The van der Waals surface area contributed by atoms with Gasteiger partial charge < -0.3 is 19.4 Å². The Kier molecular flexibility index (Phi) is 7.12. The molecule has 0 bridgehead atoms. The van der Waals surface area contributed by atoms with Crippen LogP contribution in [0.1, 0.15) is 47.0 Å². The first-order chi connectivity index (χ1) is 10.3. The molecule has 8 heteroatoms. The van der Waals surface area contributed by atoms with Crippen molar-refractivity contribution in [2.24, 2.45) is 5.92 Å². The van der Waals surface area contributed by atoms with Crippen molar-refractivity contribution < 1.29 is 29.0 Å². The van der Waals surface area contributed by atoms with E-state index in [0.717, 1.165) is 0 Å². The van der Waals surface area contributed by atoms with Crippen molar-refractivity contribution >= 4 is 63.1 Å². The Labute approximate surface area is 163 Å². The topological polar surface area (TPSA) is 92.7 Å². The molecule has 3 unspecified atom stereocenters. The predicted octanol–water partition coefficient (Wildman–Crippen LogP) is 1.79. The summed E-state index contributed by atoms with van der Waals surface area (Å²) in [5.74, 6) is -2.97. The predicted molar refractivity (Wildman–Crippen MR) is 98.3 cm³/mol. The highest BCUT2D eigenvalue weighted by molar-refractivity contribution is 14.1. The van der Waals surface area contributed by atoms with Crippen molar-refractivity contribution in [2.45, 2.75) is 66.0 Å². The molecule has 0 radical (unpaired) electrons. The first-order valence-corrected chi connectivity index (χ1v) is 9.49. The monoisotopic (exact) mass is 551 g/mol. The number of carboxylic acid groups (broad SMARTS) is 1. The molecule has 1 aliphatic carbocycles. The van der Waals surface area contributed by atoms with Crippen molar-refractivity contribution in [3.8, 4) is 0 Å². The normalized spacial score (nSPS) is 25.6. The van der Waals surface area contributed by atoms with Crippen LogP contribution in [0.4, 0.5) is 0 Å². The van der Waals surface area contributed by atoms with Crippen LogP contribution in [0.25, 0.3) is 0 Å². The molecule has 0 N–H and O–H groups in total. The van der Waals surface area contributed by atoms with Crippen LogP contribution in [0.5, 0.6) is 0 Å². The van der Waals surface area contributed by atoms with Crippen molar-refractivity contribution in [3.05, 3.63) is 0 Å². The molecule has 0 heterocycles. The third-order valence-electron chi connectivity index (χ3n) is 3.55. The molecule has 1 aliphatic rings. The lowest BCUT2D eigenvalue weighted by atomic mass is 9.84. The van der Waals surface area contributed by atoms with E-state index in [4.69, 9.17) is 9.47 Å². The van der Waals surface area contributed by atoms with Crippen LogP contribution >= 0.6 is 45.2 Å². The number of carbonyl (C=O) groups is 3. The molecule has 1 rings (SSSR count). The zero-order valence-corrected chi connectivity index (χ0v) is 17.9. The van der Waals surface area contributed by atoms with Crippen LogP contribution < -0.4 is 5.11 Å². The van der Waals surface area contributed by atoms with E-state index >= 15 is 0 Å². The summed E-state index contributed by atoms with van der Waals surface area (Å²) < 4.78 is 9.37. The molecule has 3 atom stereocenters. The molecule has 23 heavy (non-hydrogen) atoms. The van der Waals surface area contributed by atoms with Gasteiger partial charge in [-0.05, 0) is 40.5 Å². The van der Waals surface area contributed by atoms with Gasteiger partial charge in [-0.15, -0.1) is 0 Å². The number of hydrogen-bond donors (Lipinski definition) is 0. The number of halogens is 2. The summed E-state index contributed by atoms with van der Waals surface area (Å²) in [5.41, 5.74) is 0. The standard InChI is InChI=1S/C15H22I2O6/c1-14(2,16)12(20)22-8-5-6-9(11(18)19)10(7-8)23-13(21)15(3,4)17/h8-10H,5-7H2,1-4H3,(H,18,19)/p-1. The molecular formula is C15H21I2O6-. The highest BCUT2D eigenvalue weighted by Crippen LogP contribution is 2.32. The number of carboxylic acids is 1. The van der Waals surface area contributed by atoms with Crippen LogP contribution in [0, 0.1) is 5.92 Å². The maximum atomic E-state index is 12.0. The summed E-state index contributed by atoms with van der Waals surface area (Å²) in [6.45, 7) is 6.84. The fourth-order valence-electron chi connectivity index (χ4n) is 2.17. The second kappa shape index (κ2) is 7.83. The van der Waals surface area contributed by atoms with Crippen LogP contribution in [-0.2, 0) is 23.9 Å². The maximum absolute atomic E-state index is 12.0. The fourth-order valence-corrected chi connectivity index (χ4v) is 2.42. The van der Waals surface area contributed by atoms with Gasteiger partial charge in [-0.1, -0.05) is 45.2 Å². The minimum absolute atomic E-state index is 0.176. The Hall–Kier alpha value is -0.130. The highest BCUT2D eigenvalue weighted by atomic mass is 127. The fraction of sp³-hybridized carbons (Fsp3) is 0.800. The zero-order valence-electron chi connectivity index (χ0n) is 13.6. The molecule has 1 fully saturated rings. The summed E-state index contributed by atoms with van der Waals surface area (Å²) in [6, 6.07) is 0. The van der Waals surface area contributed by atoms with E-state index in [-0.39, 0.29) is 18.8 Å². The van der Waals surface area contributed by atoms with Crippen LogP contribution in [0.2, 0.25) is 0 Å². The Morgan fingerprint density at radius 2 is 1.43 bits per heavy atom. The van der Waals surface area contributed by atoms with Crippen LogP contribution in [-0.4, -0.2) is 37.0 Å². The van der Waals surface area contributed by atoms with Crippen molar-refractivity contribution in [1.82, 2.24) is 0 Å². The second-order valence-electron chi connectivity index (χ2n) is 6.65. The van der Waals surface area contributed by atoms with Crippen molar-refractivity contribution in [2.75, 3.05) is 0 Å².